The lowest BCUT2D eigenvalue weighted by atomic mass is 9.69. The molecule has 0 saturated heterocycles. The van der Waals surface area contributed by atoms with E-state index in [-0.39, 0.29) is 0 Å². The summed E-state index contributed by atoms with van der Waals surface area (Å²) in [7, 11) is 0. The Morgan fingerprint density at radius 1 is 1.06 bits per heavy atom. The van der Waals surface area contributed by atoms with Gasteiger partial charge in [0.05, 0.1) is 0 Å². The van der Waals surface area contributed by atoms with Gasteiger partial charge in [-0.25, -0.2) is 0 Å². The first-order chi connectivity index (χ1) is 8.15. The summed E-state index contributed by atoms with van der Waals surface area (Å²) in [5.41, 5.74) is 1.75. The molecular formula is C18H36. The van der Waals surface area contributed by atoms with Gasteiger partial charge in [-0.05, 0) is 47.3 Å². The van der Waals surface area contributed by atoms with Crippen molar-refractivity contribution in [2.24, 2.45) is 28.1 Å². The zero-order valence-corrected chi connectivity index (χ0v) is 14.2. The average Bonchev–Trinajstić information content (AvgIpc) is 2.85. The molecule has 0 radical (unpaired) electrons. The van der Waals surface area contributed by atoms with Crippen LogP contribution in [0.2, 0.25) is 0 Å². The molecule has 0 N–H and O–H groups in total. The molecule has 0 bridgehead atoms. The maximum Gasteiger partial charge on any atom is -0.0238 e. The molecule has 18 heavy (non-hydrogen) atoms. The zero-order valence-electron chi connectivity index (χ0n) is 14.2. The van der Waals surface area contributed by atoms with Gasteiger partial charge >= 0.3 is 0 Å². The molecule has 4 unspecified atom stereocenters. The Labute approximate surface area is 116 Å². The predicted molar refractivity (Wildman–Crippen MR) is 82.8 cm³/mol. The van der Waals surface area contributed by atoms with Crippen molar-refractivity contribution in [1.82, 2.24) is 0 Å². The summed E-state index contributed by atoms with van der Waals surface area (Å²) >= 11 is 0. The molecule has 0 aromatic heterocycles. The lowest BCUT2D eigenvalue weighted by Gasteiger charge is -2.36. The third-order valence-corrected chi connectivity index (χ3v) is 6.78. The second-order valence-electron chi connectivity index (χ2n) is 8.19. The van der Waals surface area contributed by atoms with Crippen LogP contribution in [0.15, 0.2) is 0 Å². The van der Waals surface area contributed by atoms with Crippen LogP contribution in [0.25, 0.3) is 0 Å². The summed E-state index contributed by atoms with van der Waals surface area (Å²) < 4.78 is 0. The van der Waals surface area contributed by atoms with E-state index in [9.17, 15) is 0 Å². The number of hydrogen-bond donors (Lipinski definition) is 0. The van der Waals surface area contributed by atoms with E-state index in [2.05, 4.69) is 55.4 Å². The van der Waals surface area contributed by atoms with Crippen molar-refractivity contribution in [2.75, 3.05) is 0 Å². The van der Waals surface area contributed by atoms with Crippen LogP contribution < -0.4 is 0 Å². The summed E-state index contributed by atoms with van der Waals surface area (Å²) in [6.07, 6.45) is 6.90. The monoisotopic (exact) mass is 252 g/mol. The van der Waals surface area contributed by atoms with Crippen molar-refractivity contribution in [3.8, 4) is 0 Å². The van der Waals surface area contributed by atoms with Gasteiger partial charge in [0, 0.05) is 0 Å². The standard InChI is InChI=1S/C18H36/c1-9-11-16(6,10-2)12-15(5)18(8)13-17(18,7)14(3)4/h14-15H,9-13H2,1-8H3. The maximum atomic E-state index is 2.54. The Balaban J connectivity index is 2.70. The third-order valence-electron chi connectivity index (χ3n) is 6.78. The lowest BCUT2D eigenvalue weighted by Crippen LogP contribution is -2.27. The van der Waals surface area contributed by atoms with Crippen molar-refractivity contribution in [1.29, 1.82) is 0 Å². The van der Waals surface area contributed by atoms with Gasteiger partial charge in [0.1, 0.15) is 0 Å². The van der Waals surface area contributed by atoms with Gasteiger partial charge in [0.2, 0.25) is 0 Å². The minimum absolute atomic E-state index is 0.567. The number of hydrogen-bond acceptors (Lipinski definition) is 0. The number of rotatable bonds is 7. The molecule has 1 saturated carbocycles. The highest BCUT2D eigenvalue weighted by atomic mass is 14.7. The molecule has 0 nitrogen and oxygen atoms in total. The Kier molecular flexibility index (Phi) is 4.62. The SMILES string of the molecule is CCCC(C)(CC)CC(C)C1(C)CC1(C)C(C)C. The molecule has 0 heterocycles. The quantitative estimate of drug-likeness (QED) is 0.498. The molecule has 1 aliphatic carbocycles. The zero-order chi connectivity index (χ0) is 14.2. The van der Waals surface area contributed by atoms with Crippen LogP contribution in [0.3, 0.4) is 0 Å². The van der Waals surface area contributed by atoms with Gasteiger partial charge in [-0.2, -0.15) is 0 Å². The highest BCUT2D eigenvalue weighted by Gasteiger charge is 2.64. The van der Waals surface area contributed by atoms with Gasteiger partial charge in [-0.15, -0.1) is 0 Å². The van der Waals surface area contributed by atoms with E-state index in [1.54, 1.807) is 0 Å². The first-order valence-electron chi connectivity index (χ1n) is 8.15. The van der Waals surface area contributed by atoms with E-state index in [0.29, 0.717) is 16.2 Å². The van der Waals surface area contributed by atoms with Crippen LogP contribution in [0.4, 0.5) is 0 Å². The summed E-state index contributed by atoms with van der Waals surface area (Å²) in [4.78, 5) is 0. The highest BCUT2D eigenvalue weighted by molar-refractivity contribution is 5.13. The fourth-order valence-electron chi connectivity index (χ4n) is 4.31. The molecule has 0 aromatic rings. The Hall–Kier alpha value is 0. The van der Waals surface area contributed by atoms with Crippen LogP contribution in [0.5, 0.6) is 0 Å². The summed E-state index contributed by atoms with van der Waals surface area (Å²) in [5.74, 6) is 1.69. The molecule has 4 atom stereocenters. The van der Waals surface area contributed by atoms with E-state index in [0.717, 1.165) is 11.8 Å². The van der Waals surface area contributed by atoms with Crippen molar-refractivity contribution in [2.45, 2.75) is 87.5 Å². The van der Waals surface area contributed by atoms with E-state index in [1.807, 2.05) is 0 Å². The van der Waals surface area contributed by atoms with Gasteiger partial charge in [0.25, 0.3) is 0 Å². The van der Waals surface area contributed by atoms with E-state index in [4.69, 9.17) is 0 Å². The molecule has 0 aliphatic heterocycles. The smallest absolute Gasteiger partial charge is 0.0238 e. The van der Waals surface area contributed by atoms with Crippen LogP contribution in [0, 0.1) is 28.1 Å². The second-order valence-corrected chi connectivity index (χ2v) is 8.19. The van der Waals surface area contributed by atoms with E-state index in [1.165, 1.54) is 32.1 Å². The third kappa shape index (κ3) is 2.63. The normalized spacial score (nSPS) is 36.5. The Morgan fingerprint density at radius 3 is 1.94 bits per heavy atom. The van der Waals surface area contributed by atoms with Crippen molar-refractivity contribution >= 4 is 0 Å². The molecular weight excluding hydrogens is 216 g/mol. The first-order valence-corrected chi connectivity index (χ1v) is 8.15. The molecule has 0 heteroatoms. The maximum absolute atomic E-state index is 2.54. The van der Waals surface area contributed by atoms with Gasteiger partial charge < -0.3 is 0 Å². The summed E-state index contributed by atoms with van der Waals surface area (Å²) in [6.45, 7) is 19.6. The van der Waals surface area contributed by atoms with Crippen molar-refractivity contribution < 1.29 is 0 Å². The largest absolute Gasteiger partial charge is 0.0654 e. The predicted octanol–water partition coefficient (Wildman–Crippen LogP) is 6.30. The van der Waals surface area contributed by atoms with Crippen molar-refractivity contribution in [3.63, 3.8) is 0 Å². The molecule has 1 aliphatic rings. The average molecular weight is 252 g/mol. The summed E-state index contributed by atoms with van der Waals surface area (Å²) in [6, 6.07) is 0. The molecule has 0 amide bonds. The summed E-state index contributed by atoms with van der Waals surface area (Å²) in [5, 5.41) is 0. The second kappa shape index (κ2) is 5.17. The highest BCUT2D eigenvalue weighted by Crippen LogP contribution is 2.72. The van der Waals surface area contributed by atoms with E-state index < -0.39 is 0 Å². The Morgan fingerprint density at radius 2 is 1.61 bits per heavy atom. The molecule has 0 spiro atoms. The van der Waals surface area contributed by atoms with Crippen LogP contribution in [-0.4, -0.2) is 0 Å². The minimum Gasteiger partial charge on any atom is -0.0654 e. The van der Waals surface area contributed by atoms with Crippen LogP contribution in [-0.2, 0) is 0 Å². The van der Waals surface area contributed by atoms with Gasteiger partial charge in [-0.3, -0.25) is 0 Å². The molecule has 1 fully saturated rings. The minimum atomic E-state index is 0.567. The van der Waals surface area contributed by atoms with E-state index >= 15 is 0 Å². The van der Waals surface area contributed by atoms with Crippen LogP contribution >= 0.6 is 0 Å². The van der Waals surface area contributed by atoms with Crippen LogP contribution in [0.1, 0.15) is 87.5 Å². The fourth-order valence-corrected chi connectivity index (χ4v) is 4.31. The molecule has 108 valence electrons. The molecule has 1 rings (SSSR count). The first kappa shape index (κ1) is 16.1. The lowest BCUT2D eigenvalue weighted by molar-refractivity contribution is 0.140. The van der Waals surface area contributed by atoms with Gasteiger partial charge in [0.15, 0.2) is 0 Å². The Bertz CT molecular complexity index is 280. The fraction of sp³-hybridized carbons (Fsp3) is 1.00. The van der Waals surface area contributed by atoms with Gasteiger partial charge in [-0.1, -0.05) is 68.2 Å². The topological polar surface area (TPSA) is 0 Å². The molecule has 0 aromatic carbocycles. The van der Waals surface area contributed by atoms with Crippen molar-refractivity contribution in [3.05, 3.63) is 0 Å².